The van der Waals surface area contributed by atoms with E-state index in [9.17, 15) is 0 Å². The van der Waals surface area contributed by atoms with E-state index in [1.165, 1.54) is 4.88 Å². The van der Waals surface area contributed by atoms with E-state index >= 15 is 0 Å². The van der Waals surface area contributed by atoms with E-state index < -0.39 is 0 Å². The molecule has 17 heavy (non-hydrogen) atoms. The van der Waals surface area contributed by atoms with Gasteiger partial charge in [-0.3, -0.25) is 0 Å². The van der Waals surface area contributed by atoms with E-state index in [4.69, 9.17) is 34.8 Å². The van der Waals surface area contributed by atoms with Gasteiger partial charge in [-0.25, -0.2) is 4.98 Å². The third kappa shape index (κ3) is 3.49. The fourth-order valence-corrected chi connectivity index (χ4v) is 2.60. The summed E-state index contributed by atoms with van der Waals surface area (Å²) in [4.78, 5) is 5.40. The Balaban J connectivity index is 1.97. The summed E-state index contributed by atoms with van der Waals surface area (Å²) in [5.74, 6) is 0.567. The zero-order valence-electron chi connectivity index (χ0n) is 8.71. The predicted molar refractivity (Wildman–Crippen MR) is 75.8 cm³/mol. The zero-order valence-corrected chi connectivity index (χ0v) is 11.8. The van der Waals surface area contributed by atoms with Gasteiger partial charge in [0.1, 0.15) is 11.0 Å². The van der Waals surface area contributed by atoms with E-state index in [-0.39, 0.29) is 5.15 Å². The number of halogens is 3. The van der Waals surface area contributed by atoms with Crippen LogP contribution in [0.2, 0.25) is 15.2 Å². The highest BCUT2D eigenvalue weighted by atomic mass is 35.5. The molecule has 2 aromatic heterocycles. The molecule has 0 aliphatic heterocycles. The molecule has 0 saturated carbocycles. The van der Waals surface area contributed by atoms with Crippen molar-refractivity contribution in [3.8, 4) is 0 Å². The normalized spacial score (nSPS) is 10.5. The lowest BCUT2D eigenvalue weighted by Crippen LogP contribution is -2.06. The molecule has 0 aliphatic rings. The molecular formula is C11H9Cl3N2S. The van der Waals surface area contributed by atoms with Crippen LogP contribution in [0.5, 0.6) is 0 Å². The Morgan fingerprint density at radius 3 is 2.76 bits per heavy atom. The van der Waals surface area contributed by atoms with Gasteiger partial charge in [0, 0.05) is 11.4 Å². The minimum absolute atomic E-state index is 0.259. The van der Waals surface area contributed by atoms with Gasteiger partial charge >= 0.3 is 0 Å². The maximum atomic E-state index is 6.00. The molecule has 0 fully saturated rings. The molecule has 2 aromatic rings. The minimum Gasteiger partial charge on any atom is -0.368 e. The molecule has 0 radical (unpaired) electrons. The van der Waals surface area contributed by atoms with Crippen LogP contribution in [0, 0.1) is 0 Å². The Kier molecular flexibility index (Phi) is 4.51. The standard InChI is InChI=1S/C11H9Cl3N2S/c12-8-6-9(13)11(16-10(8)14)15-4-3-7-2-1-5-17-7/h1-2,5-6H,3-4H2,(H,15,16). The monoisotopic (exact) mass is 306 g/mol. The van der Waals surface area contributed by atoms with Gasteiger partial charge in [0.05, 0.1) is 10.0 Å². The van der Waals surface area contributed by atoms with Gasteiger partial charge in [-0.05, 0) is 23.9 Å². The lowest BCUT2D eigenvalue weighted by molar-refractivity contribution is 1.03. The molecule has 6 heteroatoms. The van der Waals surface area contributed by atoms with Crippen LogP contribution in [0.4, 0.5) is 5.82 Å². The molecule has 0 spiro atoms. The first kappa shape index (κ1) is 13.0. The van der Waals surface area contributed by atoms with E-state index in [0.29, 0.717) is 15.9 Å². The molecule has 0 aliphatic carbocycles. The number of nitrogens with zero attached hydrogens (tertiary/aromatic N) is 1. The van der Waals surface area contributed by atoms with Crippen LogP contribution < -0.4 is 5.32 Å². The second-order valence-electron chi connectivity index (χ2n) is 3.35. The Bertz CT molecular complexity index is 500. The Labute approximate surface area is 119 Å². The smallest absolute Gasteiger partial charge is 0.150 e. The Morgan fingerprint density at radius 2 is 2.06 bits per heavy atom. The summed E-state index contributed by atoms with van der Waals surface area (Å²) in [6, 6.07) is 5.71. The highest BCUT2D eigenvalue weighted by Gasteiger charge is 2.07. The molecule has 2 heterocycles. The summed E-state index contributed by atoms with van der Waals surface area (Å²) in [7, 11) is 0. The molecule has 1 N–H and O–H groups in total. The van der Waals surface area contributed by atoms with Gasteiger partial charge < -0.3 is 5.32 Å². The van der Waals surface area contributed by atoms with Crippen LogP contribution in [0.1, 0.15) is 4.88 Å². The average molecular weight is 308 g/mol. The first-order chi connectivity index (χ1) is 8.16. The van der Waals surface area contributed by atoms with Crippen molar-refractivity contribution in [2.75, 3.05) is 11.9 Å². The van der Waals surface area contributed by atoms with E-state index in [2.05, 4.69) is 21.7 Å². The van der Waals surface area contributed by atoms with Gasteiger partial charge in [0.25, 0.3) is 0 Å². The van der Waals surface area contributed by atoms with Gasteiger partial charge in [-0.2, -0.15) is 0 Å². The molecule has 2 rings (SSSR count). The first-order valence-corrected chi connectivity index (χ1v) is 6.96. The van der Waals surface area contributed by atoms with Crippen molar-refractivity contribution in [1.29, 1.82) is 0 Å². The Hall–Kier alpha value is -0.480. The number of thiophene rings is 1. The maximum absolute atomic E-state index is 6.00. The summed E-state index contributed by atoms with van der Waals surface area (Å²) >= 11 is 19.3. The van der Waals surface area contributed by atoms with Crippen molar-refractivity contribution in [1.82, 2.24) is 4.98 Å². The topological polar surface area (TPSA) is 24.9 Å². The van der Waals surface area contributed by atoms with Crippen LogP contribution in [0.25, 0.3) is 0 Å². The number of hydrogen-bond acceptors (Lipinski definition) is 3. The third-order valence-corrected chi connectivity index (χ3v) is 4.03. The van der Waals surface area contributed by atoms with Gasteiger partial charge in [0.15, 0.2) is 0 Å². The number of aromatic nitrogens is 1. The van der Waals surface area contributed by atoms with Crippen molar-refractivity contribution in [2.24, 2.45) is 0 Å². The quantitative estimate of drug-likeness (QED) is 0.824. The fourth-order valence-electron chi connectivity index (χ4n) is 1.33. The van der Waals surface area contributed by atoms with E-state index in [1.54, 1.807) is 17.4 Å². The molecule has 0 unspecified atom stereocenters. The zero-order chi connectivity index (χ0) is 12.3. The van der Waals surface area contributed by atoms with Crippen LogP contribution in [-0.2, 0) is 6.42 Å². The first-order valence-electron chi connectivity index (χ1n) is 4.94. The number of nitrogens with one attached hydrogen (secondary N) is 1. The van der Waals surface area contributed by atoms with Crippen molar-refractivity contribution >= 4 is 52.0 Å². The highest BCUT2D eigenvalue weighted by molar-refractivity contribution is 7.09. The summed E-state index contributed by atoms with van der Waals surface area (Å²) in [6.07, 6.45) is 0.927. The molecule has 0 bridgehead atoms. The Morgan fingerprint density at radius 1 is 1.24 bits per heavy atom. The van der Waals surface area contributed by atoms with Crippen molar-refractivity contribution in [3.05, 3.63) is 43.7 Å². The fraction of sp³-hybridized carbons (Fsp3) is 0.182. The second kappa shape index (κ2) is 5.91. The average Bonchev–Trinajstić information content (AvgIpc) is 2.78. The van der Waals surface area contributed by atoms with Gasteiger partial charge in [0.2, 0.25) is 0 Å². The summed E-state index contributed by atoms with van der Waals surface area (Å²) in [5, 5.41) is 6.29. The SMILES string of the molecule is Clc1cc(Cl)c(NCCc2cccs2)nc1Cl. The number of rotatable bonds is 4. The maximum Gasteiger partial charge on any atom is 0.150 e. The number of anilines is 1. The summed E-state index contributed by atoms with van der Waals surface area (Å²) in [5.41, 5.74) is 0. The lowest BCUT2D eigenvalue weighted by Gasteiger charge is -2.07. The van der Waals surface area contributed by atoms with Crippen molar-refractivity contribution < 1.29 is 0 Å². The number of pyridine rings is 1. The van der Waals surface area contributed by atoms with E-state index in [0.717, 1.165) is 13.0 Å². The molecule has 0 saturated heterocycles. The largest absolute Gasteiger partial charge is 0.368 e. The van der Waals surface area contributed by atoms with Crippen LogP contribution in [-0.4, -0.2) is 11.5 Å². The minimum atomic E-state index is 0.259. The third-order valence-electron chi connectivity index (χ3n) is 2.13. The van der Waals surface area contributed by atoms with Gasteiger partial charge in [-0.15, -0.1) is 11.3 Å². The van der Waals surface area contributed by atoms with Crippen molar-refractivity contribution in [3.63, 3.8) is 0 Å². The molecule has 0 amide bonds. The second-order valence-corrected chi connectivity index (χ2v) is 5.55. The lowest BCUT2D eigenvalue weighted by atomic mass is 10.3. The summed E-state index contributed by atoms with van der Waals surface area (Å²) < 4.78 is 0. The van der Waals surface area contributed by atoms with Gasteiger partial charge in [-0.1, -0.05) is 40.9 Å². The molecule has 0 aromatic carbocycles. The highest BCUT2D eigenvalue weighted by Crippen LogP contribution is 2.28. The molecule has 90 valence electrons. The van der Waals surface area contributed by atoms with Crippen LogP contribution in [0.3, 0.4) is 0 Å². The summed E-state index contributed by atoms with van der Waals surface area (Å²) in [6.45, 7) is 0.755. The molecule has 2 nitrogen and oxygen atoms in total. The van der Waals surface area contributed by atoms with Crippen LogP contribution in [0.15, 0.2) is 23.6 Å². The molecular weight excluding hydrogens is 299 g/mol. The molecule has 0 atom stereocenters. The van der Waals surface area contributed by atoms with E-state index in [1.807, 2.05) is 6.07 Å². The number of hydrogen-bond donors (Lipinski definition) is 1. The van der Waals surface area contributed by atoms with Crippen LogP contribution >= 0.6 is 46.1 Å². The predicted octanol–water partition coefficient (Wildman–Crippen LogP) is 4.76. The van der Waals surface area contributed by atoms with Crippen molar-refractivity contribution in [2.45, 2.75) is 6.42 Å².